The molecule has 1 aliphatic carbocycles. The zero-order valence-electron chi connectivity index (χ0n) is 12.5. The fourth-order valence-electron chi connectivity index (χ4n) is 3.73. The molecular formula is C17H23N3O. The highest BCUT2D eigenvalue weighted by Crippen LogP contribution is 2.35. The lowest BCUT2D eigenvalue weighted by molar-refractivity contribution is 0.159. The van der Waals surface area contributed by atoms with E-state index >= 15 is 0 Å². The van der Waals surface area contributed by atoms with E-state index in [1.54, 1.807) is 0 Å². The van der Waals surface area contributed by atoms with E-state index in [9.17, 15) is 4.79 Å². The van der Waals surface area contributed by atoms with E-state index in [-0.39, 0.29) is 12.1 Å². The van der Waals surface area contributed by atoms with Crippen molar-refractivity contribution in [2.24, 2.45) is 22.6 Å². The molecule has 3 unspecified atom stereocenters. The van der Waals surface area contributed by atoms with Gasteiger partial charge >= 0.3 is 6.03 Å². The molecule has 1 saturated carbocycles. The van der Waals surface area contributed by atoms with E-state index < -0.39 is 0 Å². The predicted molar refractivity (Wildman–Crippen MR) is 83.9 cm³/mol. The van der Waals surface area contributed by atoms with Crippen LogP contribution in [0.15, 0.2) is 35.3 Å². The first-order valence-electron chi connectivity index (χ1n) is 7.83. The van der Waals surface area contributed by atoms with Crippen LogP contribution in [0.4, 0.5) is 4.79 Å². The number of aliphatic imine (C=N–C) groups is 1. The summed E-state index contributed by atoms with van der Waals surface area (Å²) < 4.78 is 0. The van der Waals surface area contributed by atoms with Crippen molar-refractivity contribution in [2.75, 3.05) is 0 Å². The van der Waals surface area contributed by atoms with Gasteiger partial charge in [-0.05, 0) is 30.2 Å². The van der Waals surface area contributed by atoms with Crippen LogP contribution in [0, 0.1) is 11.8 Å². The second-order valence-corrected chi connectivity index (χ2v) is 6.41. The van der Waals surface area contributed by atoms with Crippen LogP contribution < -0.4 is 5.73 Å². The van der Waals surface area contributed by atoms with Crippen molar-refractivity contribution >= 4 is 11.9 Å². The summed E-state index contributed by atoms with van der Waals surface area (Å²) in [5.41, 5.74) is 7.21. The minimum atomic E-state index is -0.181. The number of benzene rings is 1. The van der Waals surface area contributed by atoms with Crippen molar-refractivity contribution in [3.05, 3.63) is 35.9 Å². The molecule has 2 aliphatic rings. The Morgan fingerprint density at radius 1 is 1.29 bits per heavy atom. The normalized spacial score (nSPS) is 29.6. The molecule has 3 atom stereocenters. The van der Waals surface area contributed by atoms with Gasteiger partial charge in [0.25, 0.3) is 0 Å². The summed E-state index contributed by atoms with van der Waals surface area (Å²) in [6.07, 6.45) is 4.79. The lowest BCUT2D eigenvalue weighted by atomic mass is 9.78. The monoisotopic (exact) mass is 285 g/mol. The summed E-state index contributed by atoms with van der Waals surface area (Å²) in [5, 5.41) is 0. The van der Waals surface area contributed by atoms with Gasteiger partial charge in [0, 0.05) is 6.54 Å². The van der Waals surface area contributed by atoms with E-state index in [1.807, 2.05) is 35.2 Å². The van der Waals surface area contributed by atoms with Crippen molar-refractivity contribution in [3.8, 4) is 0 Å². The number of amides is 2. The molecule has 2 amide bonds. The molecule has 2 N–H and O–H groups in total. The zero-order valence-corrected chi connectivity index (χ0v) is 12.5. The molecule has 1 aromatic carbocycles. The maximum Gasteiger partial charge on any atom is 0.346 e. The molecule has 0 saturated heterocycles. The van der Waals surface area contributed by atoms with Crippen molar-refractivity contribution < 1.29 is 4.79 Å². The van der Waals surface area contributed by atoms with E-state index in [0.717, 1.165) is 18.4 Å². The molecule has 1 aromatic rings. The topological polar surface area (TPSA) is 58.7 Å². The second kappa shape index (κ2) is 5.88. The summed E-state index contributed by atoms with van der Waals surface area (Å²) in [7, 11) is 0. The van der Waals surface area contributed by atoms with Crippen LogP contribution in [-0.2, 0) is 6.54 Å². The first kappa shape index (κ1) is 14.1. The predicted octanol–water partition coefficient (Wildman–Crippen LogP) is 3.17. The molecule has 4 nitrogen and oxygen atoms in total. The third kappa shape index (κ3) is 2.94. The van der Waals surface area contributed by atoms with Crippen molar-refractivity contribution in [1.29, 1.82) is 0 Å². The van der Waals surface area contributed by atoms with Gasteiger partial charge in [0.2, 0.25) is 0 Å². The molecule has 0 bridgehead atoms. The van der Waals surface area contributed by atoms with E-state index in [4.69, 9.17) is 5.73 Å². The molecule has 1 aliphatic heterocycles. The maximum atomic E-state index is 12.2. The molecule has 1 heterocycles. The fourth-order valence-corrected chi connectivity index (χ4v) is 3.73. The molecule has 1 fully saturated rings. The molecule has 112 valence electrons. The number of urea groups is 1. The van der Waals surface area contributed by atoms with Crippen LogP contribution in [0.25, 0.3) is 0 Å². The minimum absolute atomic E-state index is 0.0135. The van der Waals surface area contributed by atoms with Crippen LogP contribution >= 0.6 is 0 Å². The van der Waals surface area contributed by atoms with E-state index in [0.29, 0.717) is 24.2 Å². The number of nitrogens with zero attached hydrogens (tertiary/aromatic N) is 2. The summed E-state index contributed by atoms with van der Waals surface area (Å²) >= 11 is 0. The number of carbonyl (C=O) groups excluding carboxylic acids is 1. The standard InChI is InChI=1S/C17H23N3O/c1-12-6-5-9-14(10-12)15-16(18)19-17(21)20(15)11-13-7-3-2-4-8-13/h2-4,7-8,12,14-15H,5-6,9-11H2,1H3,(H2,18,19,21). The van der Waals surface area contributed by atoms with Crippen molar-refractivity contribution in [2.45, 2.75) is 45.2 Å². The maximum absolute atomic E-state index is 12.2. The van der Waals surface area contributed by atoms with Crippen LogP contribution in [0.3, 0.4) is 0 Å². The lowest BCUT2D eigenvalue weighted by Crippen LogP contribution is -2.46. The third-order valence-corrected chi connectivity index (χ3v) is 4.73. The molecule has 0 aromatic heterocycles. The third-order valence-electron chi connectivity index (χ3n) is 4.73. The molecular weight excluding hydrogens is 262 g/mol. The number of nitrogens with two attached hydrogens (primary N) is 1. The molecule has 4 heteroatoms. The smallest absolute Gasteiger partial charge is 0.346 e. The molecule has 0 radical (unpaired) electrons. The van der Waals surface area contributed by atoms with Gasteiger partial charge in [0.15, 0.2) is 0 Å². The molecule has 0 spiro atoms. The van der Waals surface area contributed by atoms with Crippen LogP contribution in [0.5, 0.6) is 0 Å². The number of hydrogen-bond acceptors (Lipinski definition) is 2. The van der Waals surface area contributed by atoms with Crippen LogP contribution in [0.1, 0.15) is 38.2 Å². The Morgan fingerprint density at radius 3 is 2.76 bits per heavy atom. The summed E-state index contributed by atoms with van der Waals surface area (Å²) in [6.45, 7) is 2.89. The Kier molecular flexibility index (Phi) is 3.95. The van der Waals surface area contributed by atoms with Gasteiger partial charge in [0.1, 0.15) is 5.84 Å². The highest BCUT2D eigenvalue weighted by atomic mass is 16.2. The average molecular weight is 285 g/mol. The van der Waals surface area contributed by atoms with Crippen LogP contribution in [0.2, 0.25) is 0 Å². The molecule has 3 rings (SSSR count). The first-order chi connectivity index (χ1) is 10.1. The van der Waals surface area contributed by atoms with Gasteiger partial charge in [-0.3, -0.25) is 0 Å². The van der Waals surface area contributed by atoms with Crippen molar-refractivity contribution in [3.63, 3.8) is 0 Å². The summed E-state index contributed by atoms with van der Waals surface area (Å²) in [6, 6.07) is 9.88. The second-order valence-electron chi connectivity index (χ2n) is 6.41. The van der Waals surface area contributed by atoms with Gasteiger partial charge in [0.05, 0.1) is 6.04 Å². The highest BCUT2D eigenvalue weighted by Gasteiger charge is 2.40. The molecule has 21 heavy (non-hydrogen) atoms. The minimum Gasteiger partial charge on any atom is -0.385 e. The Morgan fingerprint density at radius 2 is 2.05 bits per heavy atom. The Hall–Kier alpha value is -1.84. The SMILES string of the molecule is CC1CCCC(C2C(N)=NC(=O)N2Cc2ccccc2)C1. The van der Waals surface area contributed by atoms with Gasteiger partial charge in [-0.25, -0.2) is 4.79 Å². The van der Waals surface area contributed by atoms with Gasteiger partial charge in [-0.1, -0.05) is 50.1 Å². The fraction of sp³-hybridized carbons (Fsp3) is 0.529. The highest BCUT2D eigenvalue weighted by molar-refractivity contribution is 6.02. The average Bonchev–Trinajstić information content (AvgIpc) is 2.74. The number of rotatable bonds is 3. The summed E-state index contributed by atoms with van der Waals surface area (Å²) in [4.78, 5) is 18.1. The Bertz CT molecular complexity index is 540. The Balaban J connectivity index is 1.79. The number of amidine groups is 1. The number of carbonyl (C=O) groups is 1. The first-order valence-corrected chi connectivity index (χ1v) is 7.83. The van der Waals surface area contributed by atoms with Gasteiger partial charge in [-0.2, -0.15) is 4.99 Å². The van der Waals surface area contributed by atoms with Crippen LogP contribution in [-0.4, -0.2) is 22.8 Å². The van der Waals surface area contributed by atoms with Gasteiger partial charge in [-0.15, -0.1) is 0 Å². The number of hydrogen-bond donors (Lipinski definition) is 1. The largest absolute Gasteiger partial charge is 0.385 e. The van der Waals surface area contributed by atoms with E-state index in [1.165, 1.54) is 12.8 Å². The van der Waals surface area contributed by atoms with Gasteiger partial charge < -0.3 is 10.6 Å². The zero-order chi connectivity index (χ0) is 14.8. The van der Waals surface area contributed by atoms with Crippen molar-refractivity contribution in [1.82, 2.24) is 4.90 Å². The lowest BCUT2D eigenvalue weighted by Gasteiger charge is -2.35. The Labute approximate surface area is 126 Å². The van der Waals surface area contributed by atoms with E-state index in [2.05, 4.69) is 11.9 Å². The quantitative estimate of drug-likeness (QED) is 0.927. The summed E-state index contributed by atoms with van der Waals surface area (Å²) in [5.74, 6) is 1.67.